The number of amides is 1. The Labute approximate surface area is 185 Å². The normalized spacial score (nSPS) is 16.6. The highest BCUT2D eigenvalue weighted by Crippen LogP contribution is 2.29. The van der Waals surface area contributed by atoms with Gasteiger partial charge in [-0.15, -0.1) is 5.10 Å². The van der Waals surface area contributed by atoms with Gasteiger partial charge in [0.05, 0.1) is 19.1 Å². The molecule has 1 unspecified atom stereocenters. The number of aromatic nitrogens is 2. The Kier molecular flexibility index (Phi) is 6.10. The molecule has 3 aromatic rings. The molecule has 168 valence electrons. The van der Waals surface area contributed by atoms with Gasteiger partial charge >= 0.3 is 6.01 Å². The molecule has 2 heterocycles. The van der Waals surface area contributed by atoms with Crippen molar-refractivity contribution < 1.29 is 27.1 Å². The van der Waals surface area contributed by atoms with Gasteiger partial charge in [0.1, 0.15) is 17.5 Å². The van der Waals surface area contributed by atoms with Crippen LogP contribution in [-0.2, 0) is 14.8 Å². The van der Waals surface area contributed by atoms with Crippen molar-refractivity contribution in [1.82, 2.24) is 14.5 Å². The number of nitrogens with one attached hydrogen (secondary N) is 1. The Morgan fingerprint density at radius 1 is 1.09 bits per heavy atom. The predicted molar refractivity (Wildman–Crippen MR) is 115 cm³/mol. The summed E-state index contributed by atoms with van der Waals surface area (Å²) in [5.41, 5.74) is 0.627. The van der Waals surface area contributed by atoms with Crippen molar-refractivity contribution in [3.8, 4) is 23.0 Å². The monoisotopic (exact) mass is 458 g/mol. The molecule has 4 rings (SSSR count). The van der Waals surface area contributed by atoms with Crippen LogP contribution in [0.3, 0.4) is 0 Å². The van der Waals surface area contributed by atoms with Crippen LogP contribution in [0.4, 0.5) is 6.01 Å². The van der Waals surface area contributed by atoms with Crippen molar-refractivity contribution in [3.05, 3.63) is 48.5 Å². The van der Waals surface area contributed by atoms with Crippen LogP contribution in [-0.4, -0.2) is 55.6 Å². The summed E-state index contributed by atoms with van der Waals surface area (Å²) in [7, 11) is -0.810. The summed E-state index contributed by atoms with van der Waals surface area (Å²) in [5, 5.41) is 10.3. The highest BCUT2D eigenvalue weighted by molar-refractivity contribution is 7.89. The summed E-state index contributed by atoms with van der Waals surface area (Å²) in [6, 6.07) is 12.1. The lowest BCUT2D eigenvalue weighted by Gasteiger charge is -2.22. The number of carbonyl (C=O) groups excluding carboxylic acids is 1. The van der Waals surface area contributed by atoms with Gasteiger partial charge in [-0.05, 0) is 55.3 Å². The number of hydrogen-bond donors (Lipinski definition) is 1. The van der Waals surface area contributed by atoms with Crippen molar-refractivity contribution in [2.45, 2.75) is 23.8 Å². The summed E-state index contributed by atoms with van der Waals surface area (Å²) < 4.78 is 43.2. The predicted octanol–water partition coefficient (Wildman–Crippen LogP) is 2.55. The van der Waals surface area contributed by atoms with E-state index in [2.05, 4.69) is 15.5 Å². The first-order valence-electron chi connectivity index (χ1n) is 9.87. The van der Waals surface area contributed by atoms with Gasteiger partial charge in [0, 0.05) is 12.1 Å². The third-order valence-electron chi connectivity index (χ3n) is 5.14. The fourth-order valence-corrected chi connectivity index (χ4v) is 5.16. The molecule has 1 aromatic heterocycles. The van der Waals surface area contributed by atoms with Crippen molar-refractivity contribution >= 4 is 21.9 Å². The molecular formula is C21H22N4O6S. The molecule has 1 atom stereocenters. The molecule has 1 N–H and O–H groups in total. The lowest BCUT2D eigenvalue weighted by molar-refractivity contribution is -0.119. The molecular weight excluding hydrogens is 436 g/mol. The minimum absolute atomic E-state index is 0.0936. The van der Waals surface area contributed by atoms with Crippen molar-refractivity contribution in [1.29, 1.82) is 0 Å². The van der Waals surface area contributed by atoms with Crippen LogP contribution in [0.5, 0.6) is 11.5 Å². The maximum Gasteiger partial charge on any atom is 0.322 e. The summed E-state index contributed by atoms with van der Waals surface area (Å²) in [5.74, 6) is 0.841. The number of sulfonamides is 1. The Morgan fingerprint density at radius 3 is 2.56 bits per heavy atom. The molecule has 0 aliphatic carbocycles. The second-order valence-corrected chi connectivity index (χ2v) is 8.97. The van der Waals surface area contributed by atoms with Crippen LogP contribution in [0.1, 0.15) is 12.8 Å². The fraction of sp³-hybridized carbons (Fsp3) is 0.286. The fourth-order valence-electron chi connectivity index (χ4n) is 3.51. The van der Waals surface area contributed by atoms with Crippen LogP contribution in [0.25, 0.3) is 11.5 Å². The van der Waals surface area contributed by atoms with Gasteiger partial charge in [-0.3, -0.25) is 10.1 Å². The van der Waals surface area contributed by atoms with Crippen LogP contribution in [0.15, 0.2) is 57.8 Å². The number of anilines is 1. The quantitative estimate of drug-likeness (QED) is 0.573. The van der Waals surface area contributed by atoms with Crippen LogP contribution < -0.4 is 14.8 Å². The zero-order valence-electron chi connectivity index (χ0n) is 17.5. The van der Waals surface area contributed by atoms with E-state index in [0.29, 0.717) is 29.9 Å². The molecule has 0 spiro atoms. The van der Waals surface area contributed by atoms with Crippen molar-refractivity contribution in [2.75, 3.05) is 26.1 Å². The average molecular weight is 458 g/mol. The smallest absolute Gasteiger partial charge is 0.322 e. The van der Waals surface area contributed by atoms with E-state index in [1.165, 1.54) is 23.5 Å². The molecule has 10 nitrogen and oxygen atoms in total. The van der Waals surface area contributed by atoms with Gasteiger partial charge in [0.25, 0.3) is 0 Å². The second-order valence-electron chi connectivity index (χ2n) is 7.08. The van der Waals surface area contributed by atoms with Gasteiger partial charge in [-0.2, -0.15) is 4.31 Å². The first-order valence-corrected chi connectivity index (χ1v) is 11.3. The standard InChI is InChI=1S/C21H22N4O6S/c1-29-15-8-10-17(11-9-15)32(27,28)25-12-4-7-18(25)19(26)22-21-24-23-20(31-21)14-5-3-6-16(13-14)30-2/h3,5-6,8-11,13,18H,4,7,12H2,1-2H3,(H,22,24,26). The first-order chi connectivity index (χ1) is 15.4. The van der Waals surface area contributed by atoms with Gasteiger partial charge in [-0.1, -0.05) is 11.2 Å². The van der Waals surface area contributed by atoms with Crippen molar-refractivity contribution in [2.24, 2.45) is 0 Å². The minimum atomic E-state index is -3.86. The second kappa shape index (κ2) is 8.97. The Morgan fingerprint density at radius 2 is 1.84 bits per heavy atom. The van der Waals surface area contributed by atoms with Crippen LogP contribution in [0, 0.1) is 0 Å². The SMILES string of the molecule is COc1ccc(S(=O)(=O)N2CCCC2C(=O)Nc2nnc(-c3cccc(OC)c3)o2)cc1. The summed E-state index contributed by atoms with van der Waals surface area (Å²) >= 11 is 0. The number of methoxy groups -OCH3 is 2. The molecule has 0 bridgehead atoms. The van der Waals surface area contributed by atoms with E-state index in [4.69, 9.17) is 13.9 Å². The maximum atomic E-state index is 13.1. The Balaban J connectivity index is 1.50. The lowest BCUT2D eigenvalue weighted by Crippen LogP contribution is -2.43. The topological polar surface area (TPSA) is 124 Å². The van der Waals surface area contributed by atoms with Crippen LogP contribution in [0.2, 0.25) is 0 Å². The molecule has 1 amide bonds. The molecule has 0 radical (unpaired) electrons. The number of nitrogens with zero attached hydrogens (tertiary/aromatic N) is 3. The highest BCUT2D eigenvalue weighted by Gasteiger charge is 2.40. The van der Waals surface area contributed by atoms with Gasteiger partial charge < -0.3 is 13.9 Å². The third-order valence-corrected chi connectivity index (χ3v) is 7.07. The number of benzene rings is 2. The van der Waals surface area contributed by atoms with E-state index < -0.39 is 22.0 Å². The molecule has 1 fully saturated rings. The zero-order valence-corrected chi connectivity index (χ0v) is 18.3. The third kappa shape index (κ3) is 4.30. The number of hydrogen-bond acceptors (Lipinski definition) is 8. The number of carbonyl (C=O) groups is 1. The van der Waals surface area contributed by atoms with E-state index in [-0.39, 0.29) is 23.3 Å². The zero-order chi connectivity index (χ0) is 22.7. The largest absolute Gasteiger partial charge is 0.497 e. The highest BCUT2D eigenvalue weighted by atomic mass is 32.2. The summed E-state index contributed by atoms with van der Waals surface area (Å²) in [6.07, 6.45) is 0.949. The first kappa shape index (κ1) is 21.8. The van der Waals surface area contributed by atoms with E-state index in [1.54, 1.807) is 43.5 Å². The molecule has 1 aliphatic rings. The van der Waals surface area contributed by atoms with Crippen LogP contribution >= 0.6 is 0 Å². The molecule has 32 heavy (non-hydrogen) atoms. The number of ether oxygens (including phenoxy) is 2. The molecule has 11 heteroatoms. The molecule has 1 aliphatic heterocycles. The molecule has 1 saturated heterocycles. The van der Waals surface area contributed by atoms with E-state index >= 15 is 0 Å². The Hall–Kier alpha value is -3.44. The van der Waals surface area contributed by atoms with E-state index in [0.717, 1.165) is 0 Å². The lowest BCUT2D eigenvalue weighted by atomic mass is 10.2. The molecule has 2 aromatic carbocycles. The van der Waals surface area contributed by atoms with Crippen molar-refractivity contribution in [3.63, 3.8) is 0 Å². The summed E-state index contributed by atoms with van der Waals surface area (Å²) in [4.78, 5) is 13.0. The Bertz CT molecular complexity index is 1210. The van der Waals surface area contributed by atoms with Gasteiger partial charge in [-0.25, -0.2) is 8.42 Å². The molecule has 0 saturated carbocycles. The summed E-state index contributed by atoms with van der Waals surface area (Å²) in [6.45, 7) is 0.241. The van der Waals surface area contributed by atoms with Gasteiger partial charge in [0.2, 0.25) is 21.8 Å². The minimum Gasteiger partial charge on any atom is -0.497 e. The average Bonchev–Trinajstić information content (AvgIpc) is 3.49. The van der Waals surface area contributed by atoms with Gasteiger partial charge in [0.15, 0.2) is 0 Å². The van der Waals surface area contributed by atoms with E-state index in [9.17, 15) is 13.2 Å². The number of rotatable bonds is 7. The van der Waals surface area contributed by atoms with E-state index in [1.807, 2.05) is 0 Å². The maximum absolute atomic E-state index is 13.1.